The number of hydrogen-bond acceptors (Lipinski definition) is 3. The molecule has 1 heterocycles. The molecule has 3 N–H and O–H groups in total. The van der Waals surface area contributed by atoms with E-state index in [1.807, 2.05) is 33.1 Å². The number of nitrogens with zero attached hydrogens (tertiary/aromatic N) is 2. The third-order valence-corrected chi connectivity index (χ3v) is 5.99. The Morgan fingerprint density at radius 1 is 1.12 bits per heavy atom. The summed E-state index contributed by atoms with van der Waals surface area (Å²) < 4.78 is 0. The van der Waals surface area contributed by atoms with Gasteiger partial charge in [0.25, 0.3) is 0 Å². The number of carbonyl (C=O) groups excluding carboxylic acids is 1. The van der Waals surface area contributed by atoms with E-state index in [0.717, 1.165) is 31.8 Å². The average molecular weight is 339 g/mol. The number of fused-ring (bicyclic) bond motifs is 1. The number of rotatable bonds is 2. The van der Waals surface area contributed by atoms with Crippen LogP contribution in [0.5, 0.6) is 0 Å². The fourth-order valence-corrected chi connectivity index (χ4v) is 5.10. The van der Waals surface area contributed by atoms with Crippen LogP contribution in [0.4, 0.5) is 4.79 Å². The van der Waals surface area contributed by atoms with E-state index < -0.39 is 0 Å². The number of hydrogen-bond donors (Lipinski definition) is 2. The molecule has 1 aliphatic heterocycles. The molecule has 0 aromatic rings. The molecule has 3 aliphatic rings. The first-order valence-corrected chi connectivity index (χ1v) is 9.72. The Morgan fingerprint density at radius 2 is 1.62 bits per heavy atom. The monoisotopic (exact) mass is 338 g/mol. The lowest BCUT2D eigenvalue weighted by Gasteiger charge is -2.33. The van der Waals surface area contributed by atoms with Gasteiger partial charge in [-0.3, -0.25) is 0 Å². The van der Waals surface area contributed by atoms with Crippen LogP contribution in [0.1, 0.15) is 51.4 Å². The number of carbonyl (C=O) groups is 1. The first-order chi connectivity index (χ1) is 11.4. The van der Waals surface area contributed by atoms with Crippen LogP contribution in [-0.2, 0) is 0 Å². The zero-order valence-corrected chi connectivity index (χ0v) is 16.2. The maximum absolute atomic E-state index is 12.1. The molecule has 5 heteroatoms. The minimum absolute atomic E-state index is 0.0601. The molecule has 3 fully saturated rings. The van der Waals surface area contributed by atoms with Gasteiger partial charge in [0, 0.05) is 32.7 Å². The highest BCUT2D eigenvalue weighted by molar-refractivity contribution is 5.74. The summed E-state index contributed by atoms with van der Waals surface area (Å²) in [6.45, 7) is 1.84. The second-order valence-electron chi connectivity index (χ2n) is 8.58. The number of urea groups is 1. The van der Waals surface area contributed by atoms with Gasteiger partial charge in [-0.1, -0.05) is 32.1 Å². The van der Waals surface area contributed by atoms with Gasteiger partial charge in [0.05, 0.1) is 0 Å². The van der Waals surface area contributed by atoms with Gasteiger partial charge in [0.1, 0.15) is 0 Å². The molecule has 2 saturated carbocycles. The van der Waals surface area contributed by atoms with Crippen molar-refractivity contribution in [2.75, 3.05) is 41.3 Å². The Hall–Kier alpha value is -0.810. The van der Waals surface area contributed by atoms with E-state index in [0.29, 0.717) is 11.8 Å². The van der Waals surface area contributed by atoms with E-state index >= 15 is 0 Å². The lowest BCUT2D eigenvalue weighted by Crippen LogP contribution is -2.43. The van der Waals surface area contributed by atoms with E-state index in [9.17, 15) is 4.79 Å². The summed E-state index contributed by atoms with van der Waals surface area (Å²) in [7, 11) is 7.43. The minimum Gasteiger partial charge on any atom is -0.331 e. The van der Waals surface area contributed by atoms with Gasteiger partial charge < -0.3 is 20.9 Å². The molecule has 0 radical (unpaired) electrons. The summed E-state index contributed by atoms with van der Waals surface area (Å²) in [5, 5.41) is 2.75. The topological polar surface area (TPSA) is 61.6 Å². The molecule has 24 heavy (non-hydrogen) atoms. The summed E-state index contributed by atoms with van der Waals surface area (Å²) in [6.07, 6.45) is 10.5. The number of nitrogens with one attached hydrogen (secondary N) is 1. The normalized spacial score (nSPS) is 33.0. The average Bonchev–Trinajstić information content (AvgIpc) is 3.02. The van der Waals surface area contributed by atoms with Crippen LogP contribution in [-0.4, -0.2) is 62.7 Å². The zero-order chi connectivity index (χ0) is 17.7. The van der Waals surface area contributed by atoms with E-state index in [2.05, 4.69) is 5.32 Å². The van der Waals surface area contributed by atoms with Crippen LogP contribution in [0.25, 0.3) is 0 Å². The molecule has 0 spiro atoms. The summed E-state index contributed by atoms with van der Waals surface area (Å²) in [5.74, 6) is 2.15. The lowest BCUT2D eigenvalue weighted by molar-refractivity contribution is 0.173. The minimum atomic E-state index is 0.0601. The zero-order valence-electron chi connectivity index (χ0n) is 16.2. The van der Waals surface area contributed by atoms with Gasteiger partial charge in [0.15, 0.2) is 0 Å². The second kappa shape index (κ2) is 8.52. The van der Waals surface area contributed by atoms with E-state index in [4.69, 9.17) is 5.73 Å². The first-order valence-electron chi connectivity index (χ1n) is 9.72. The molecule has 2 unspecified atom stereocenters. The van der Waals surface area contributed by atoms with Crippen molar-refractivity contribution in [3.8, 4) is 0 Å². The van der Waals surface area contributed by atoms with Crippen molar-refractivity contribution in [1.29, 1.82) is 0 Å². The van der Waals surface area contributed by atoms with Crippen molar-refractivity contribution < 1.29 is 4.79 Å². The number of nitrogens with two attached hydrogens (primary N) is 1. The quantitative estimate of drug-likeness (QED) is 0.813. The summed E-state index contributed by atoms with van der Waals surface area (Å²) >= 11 is 0. The van der Waals surface area contributed by atoms with Crippen molar-refractivity contribution in [3.63, 3.8) is 0 Å². The van der Waals surface area contributed by atoms with Crippen LogP contribution >= 0.6 is 0 Å². The number of amides is 2. The van der Waals surface area contributed by atoms with Crippen molar-refractivity contribution in [1.82, 2.24) is 15.1 Å². The van der Waals surface area contributed by atoms with Crippen molar-refractivity contribution in [2.45, 2.75) is 56.9 Å². The van der Waals surface area contributed by atoms with Crippen LogP contribution in [0.2, 0.25) is 0 Å². The molecule has 1 saturated heterocycles. The lowest BCUT2D eigenvalue weighted by atomic mass is 9.78. The highest BCUT2D eigenvalue weighted by Gasteiger charge is 2.48. The van der Waals surface area contributed by atoms with Gasteiger partial charge in [-0.2, -0.15) is 0 Å². The predicted octanol–water partition coefficient (Wildman–Crippen LogP) is 2.51. The summed E-state index contributed by atoms with van der Waals surface area (Å²) in [5.41, 5.74) is 6.81. The third-order valence-electron chi connectivity index (χ3n) is 5.99. The highest BCUT2D eigenvalue weighted by atomic mass is 16.2. The van der Waals surface area contributed by atoms with Crippen LogP contribution < -0.4 is 11.1 Å². The Balaban J connectivity index is 0.000000647. The fraction of sp³-hybridized carbons (Fsp3) is 0.947. The molecule has 2 amide bonds. The highest BCUT2D eigenvalue weighted by Crippen LogP contribution is 2.46. The predicted molar refractivity (Wildman–Crippen MR) is 100.0 cm³/mol. The van der Waals surface area contributed by atoms with Gasteiger partial charge in [0.2, 0.25) is 0 Å². The summed E-state index contributed by atoms with van der Waals surface area (Å²) in [4.78, 5) is 15.8. The third kappa shape index (κ3) is 4.85. The van der Waals surface area contributed by atoms with Gasteiger partial charge >= 0.3 is 6.03 Å². The Kier molecular flexibility index (Phi) is 6.93. The molecule has 2 atom stereocenters. The standard InChI is InChI=1S/C17H31N3O.C2H7N/c1-19(2)16(21)20-11-14-9-17(18,10-15(14)12-20)8-13-6-4-3-5-7-13;1-3-2/h13-15H,3-12,18H2,1-2H3;3H,1-2H3. The Morgan fingerprint density at radius 3 is 2.08 bits per heavy atom. The van der Waals surface area contributed by atoms with E-state index in [1.165, 1.54) is 38.5 Å². The van der Waals surface area contributed by atoms with E-state index in [1.54, 1.807) is 4.90 Å². The van der Waals surface area contributed by atoms with Crippen LogP contribution in [0, 0.1) is 17.8 Å². The van der Waals surface area contributed by atoms with Gasteiger partial charge in [-0.25, -0.2) is 4.79 Å². The maximum Gasteiger partial charge on any atom is 0.319 e. The van der Waals surface area contributed by atoms with Crippen LogP contribution in [0.3, 0.4) is 0 Å². The Labute approximate surface area is 148 Å². The largest absolute Gasteiger partial charge is 0.331 e. The smallest absolute Gasteiger partial charge is 0.319 e. The molecule has 3 rings (SSSR count). The fourth-order valence-electron chi connectivity index (χ4n) is 5.10. The number of likely N-dealkylation sites (tertiary alicyclic amines) is 1. The molecule has 5 nitrogen and oxygen atoms in total. The van der Waals surface area contributed by atoms with Crippen molar-refractivity contribution >= 4 is 6.03 Å². The Bertz CT molecular complexity index is 392. The first kappa shape index (κ1) is 19.5. The van der Waals surface area contributed by atoms with Crippen molar-refractivity contribution in [3.05, 3.63) is 0 Å². The van der Waals surface area contributed by atoms with Crippen LogP contribution in [0.15, 0.2) is 0 Å². The van der Waals surface area contributed by atoms with Crippen molar-refractivity contribution in [2.24, 2.45) is 23.5 Å². The molecule has 2 aliphatic carbocycles. The van der Waals surface area contributed by atoms with E-state index in [-0.39, 0.29) is 11.6 Å². The SMILES string of the molecule is CN(C)C(=O)N1CC2CC(N)(CC3CCCCC3)CC2C1.CNC. The molecule has 0 bridgehead atoms. The molecular weight excluding hydrogens is 300 g/mol. The molecule has 140 valence electrons. The molecule has 0 aromatic carbocycles. The maximum atomic E-state index is 12.1. The van der Waals surface area contributed by atoms with Gasteiger partial charge in [-0.15, -0.1) is 0 Å². The second-order valence-corrected chi connectivity index (χ2v) is 8.58. The molecular formula is C19H38N4O. The molecule has 0 aromatic heterocycles. The summed E-state index contributed by atoms with van der Waals surface area (Å²) in [6, 6.07) is 0.166. The van der Waals surface area contributed by atoms with Gasteiger partial charge in [-0.05, 0) is 51.1 Å².